The first kappa shape index (κ1) is 12.1. The Labute approximate surface area is 106 Å². The second-order valence-corrected chi connectivity index (χ2v) is 3.91. The van der Waals surface area contributed by atoms with Crippen molar-refractivity contribution in [3.05, 3.63) is 41.2 Å². The predicted molar refractivity (Wildman–Crippen MR) is 65.9 cm³/mol. The van der Waals surface area contributed by atoms with Crippen LogP contribution in [0.15, 0.2) is 24.3 Å². The number of rotatable bonds is 4. The maximum Gasteiger partial charge on any atom is 0.189 e. The van der Waals surface area contributed by atoms with Crippen molar-refractivity contribution in [1.29, 1.82) is 5.26 Å². The molecule has 1 aromatic carbocycles. The fourth-order valence-corrected chi connectivity index (χ4v) is 1.60. The smallest absolute Gasteiger partial charge is 0.189 e. The zero-order chi connectivity index (χ0) is 13.0. The highest BCUT2D eigenvalue weighted by Crippen LogP contribution is 2.14. The number of aromatic nitrogens is 3. The van der Waals surface area contributed by atoms with Crippen molar-refractivity contribution in [3.63, 3.8) is 0 Å². The van der Waals surface area contributed by atoms with E-state index in [1.165, 1.54) is 5.56 Å². The lowest BCUT2D eigenvalue weighted by molar-refractivity contribution is 0.292. The molecule has 2 aromatic rings. The van der Waals surface area contributed by atoms with Crippen LogP contribution < -0.4 is 4.74 Å². The highest BCUT2D eigenvalue weighted by atomic mass is 16.5. The van der Waals surface area contributed by atoms with Crippen molar-refractivity contribution >= 4 is 0 Å². The van der Waals surface area contributed by atoms with E-state index in [1.54, 1.807) is 4.68 Å². The summed E-state index contributed by atoms with van der Waals surface area (Å²) in [5, 5.41) is 16.6. The molecule has 0 unspecified atom stereocenters. The Morgan fingerprint density at radius 3 is 2.67 bits per heavy atom. The zero-order valence-corrected chi connectivity index (χ0v) is 10.4. The number of aryl methyl sites for hydroxylation is 2. The van der Waals surface area contributed by atoms with Gasteiger partial charge in [-0.15, -0.1) is 5.10 Å². The van der Waals surface area contributed by atoms with Crippen molar-refractivity contribution in [2.75, 3.05) is 0 Å². The summed E-state index contributed by atoms with van der Waals surface area (Å²) in [5.41, 5.74) is 2.21. The molecule has 2 rings (SSSR count). The first-order chi connectivity index (χ1) is 8.74. The number of hydrogen-bond acceptors (Lipinski definition) is 4. The molecule has 0 spiro atoms. The van der Waals surface area contributed by atoms with Gasteiger partial charge in [-0.1, -0.05) is 22.9 Å². The van der Waals surface area contributed by atoms with Crippen LogP contribution in [0.4, 0.5) is 0 Å². The summed E-state index contributed by atoms with van der Waals surface area (Å²) < 4.78 is 7.31. The molecular weight excluding hydrogens is 228 g/mol. The Hall–Kier alpha value is -2.35. The molecule has 0 saturated carbocycles. The second kappa shape index (κ2) is 5.32. The number of nitrogens with zero attached hydrogens (tertiary/aromatic N) is 4. The lowest BCUT2D eigenvalue weighted by atomic mass is 10.2. The number of benzene rings is 1. The van der Waals surface area contributed by atoms with Gasteiger partial charge in [-0.3, -0.25) is 0 Å². The van der Waals surface area contributed by atoms with Crippen LogP contribution in [0.1, 0.15) is 23.9 Å². The minimum atomic E-state index is 0.298. The largest absolute Gasteiger partial charge is 0.487 e. The third-order valence-corrected chi connectivity index (χ3v) is 2.64. The summed E-state index contributed by atoms with van der Waals surface area (Å²) >= 11 is 0. The molecule has 0 aliphatic rings. The van der Waals surface area contributed by atoms with E-state index in [0.29, 0.717) is 24.5 Å². The molecule has 0 amide bonds. The highest BCUT2D eigenvalue weighted by Gasteiger charge is 2.11. The van der Waals surface area contributed by atoms with Crippen LogP contribution >= 0.6 is 0 Å². The summed E-state index contributed by atoms with van der Waals surface area (Å²) in [6, 6.07) is 9.79. The van der Waals surface area contributed by atoms with Crippen LogP contribution in [-0.2, 0) is 13.2 Å². The van der Waals surface area contributed by atoms with E-state index in [2.05, 4.69) is 10.3 Å². The SMILES string of the molecule is CCn1nnc(C#N)c1COc1ccc(C)cc1. The molecule has 0 saturated heterocycles. The average Bonchev–Trinajstić information content (AvgIpc) is 2.80. The summed E-state index contributed by atoms with van der Waals surface area (Å²) in [6.45, 7) is 4.94. The molecular formula is C13H14N4O. The molecule has 5 heteroatoms. The lowest BCUT2D eigenvalue weighted by Crippen LogP contribution is -2.07. The van der Waals surface area contributed by atoms with E-state index in [0.717, 1.165) is 5.75 Å². The second-order valence-electron chi connectivity index (χ2n) is 3.91. The van der Waals surface area contributed by atoms with Crippen LogP contribution in [0.25, 0.3) is 0 Å². The normalized spacial score (nSPS) is 10.1. The maximum absolute atomic E-state index is 8.94. The number of ether oxygens (including phenoxy) is 1. The molecule has 0 radical (unpaired) electrons. The molecule has 5 nitrogen and oxygen atoms in total. The number of hydrogen-bond donors (Lipinski definition) is 0. The van der Waals surface area contributed by atoms with Crippen molar-refractivity contribution in [1.82, 2.24) is 15.0 Å². The molecule has 18 heavy (non-hydrogen) atoms. The van der Waals surface area contributed by atoms with Crippen LogP contribution in [0.3, 0.4) is 0 Å². The summed E-state index contributed by atoms with van der Waals surface area (Å²) in [7, 11) is 0. The topological polar surface area (TPSA) is 63.7 Å². The van der Waals surface area contributed by atoms with Crippen molar-refractivity contribution in [3.8, 4) is 11.8 Å². The lowest BCUT2D eigenvalue weighted by Gasteiger charge is -2.07. The molecule has 0 aliphatic heterocycles. The van der Waals surface area contributed by atoms with Gasteiger partial charge in [-0.05, 0) is 26.0 Å². The third-order valence-electron chi connectivity index (χ3n) is 2.64. The van der Waals surface area contributed by atoms with Crippen LogP contribution in [-0.4, -0.2) is 15.0 Å². The van der Waals surface area contributed by atoms with E-state index < -0.39 is 0 Å². The van der Waals surface area contributed by atoms with Gasteiger partial charge in [0.05, 0.1) is 0 Å². The molecule has 0 N–H and O–H groups in total. The minimum Gasteiger partial charge on any atom is -0.487 e. The summed E-state index contributed by atoms with van der Waals surface area (Å²) in [4.78, 5) is 0. The molecule has 0 fully saturated rings. The van der Waals surface area contributed by atoms with Gasteiger partial charge in [0.15, 0.2) is 5.69 Å². The van der Waals surface area contributed by atoms with Gasteiger partial charge in [0.1, 0.15) is 24.1 Å². The van der Waals surface area contributed by atoms with E-state index in [9.17, 15) is 0 Å². The van der Waals surface area contributed by atoms with Gasteiger partial charge in [0.2, 0.25) is 0 Å². The third kappa shape index (κ3) is 2.48. The van der Waals surface area contributed by atoms with Crippen LogP contribution in [0.2, 0.25) is 0 Å². The highest BCUT2D eigenvalue weighted by molar-refractivity contribution is 5.28. The van der Waals surface area contributed by atoms with Crippen molar-refractivity contribution < 1.29 is 4.74 Å². The van der Waals surface area contributed by atoms with Gasteiger partial charge in [-0.2, -0.15) is 5.26 Å². The Morgan fingerprint density at radius 1 is 1.33 bits per heavy atom. The Bertz CT molecular complexity index is 566. The standard InChI is InChI=1S/C13H14N4O/c1-3-17-13(12(8-14)15-16-17)9-18-11-6-4-10(2)5-7-11/h4-7H,3,9H2,1-2H3. The fourth-order valence-electron chi connectivity index (χ4n) is 1.60. The van der Waals surface area contributed by atoms with E-state index >= 15 is 0 Å². The van der Waals surface area contributed by atoms with Gasteiger partial charge in [0, 0.05) is 6.54 Å². The minimum absolute atomic E-state index is 0.298. The van der Waals surface area contributed by atoms with Gasteiger partial charge in [0.25, 0.3) is 0 Å². The summed E-state index contributed by atoms with van der Waals surface area (Å²) in [6.07, 6.45) is 0. The first-order valence-electron chi connectivity index (χ1n) is 5.76. The van der Waals surface area contributed by atoms with Gasteiger partial charge >= 0.3 is 0 Å². The maximum atomic E-state index is 8.94. The molecule has 0 atom stereocenters. The number of nitriles is 1. The fraction of sp³-hybridized carbons (Fsp3) is 0.308. The van der Waals surface area contributed by atoms with Gasteiger partial charge in [-0.25, -0.2) is 4.68 Å². The zero-order valence-electron chi connectivity index (χ0n) is 10.4. The Balaban J connectivity index is 2.12. The first-order valence-corrected chi connectivity index (χ1v) is 5.76. The molecule has 1 heterocycles. The molecule has 0 aliphatic carbocycles. The summed E-state index contributed by atoms with van der Waals surface area (Å²) in [5.74, 6) is 0.772. The van der Waals surface area contributed by atoms with Crippen LogP contribution in [0.5, 0.6) is 5.75 Å². The Morgan fingerprint density at radius 2 is 2.06 bits per heavy atom. The van der Waals surface area contributed by atoms with E-state index in [1.807, 2.05) is 44.2 Å². The van der Waals surface area contributed by atoms with Gasteiger partial charge < -0.3 is 4.74 Å². The average molecular weight is 242 g/mol. The van der Waals surface area contributed by atoms with E-state index in [-0.39, 0.29) is 0 Å². The monoisotopic (exact) mass is 242 g/mol. The van der Waals surface area contributed by atoms with Crippen LogP contribution in [0, 0.1) is 18.3 Å². The van der Waals surface area contributed by atoms with Crippen molar-refractivity contribution in [2.24, 2.45) is 0 Å². The molecule has 0 bridgehead atoms. The quantitative estimate of drug-likeness (QED) is 0.823. The predicted octanol–water partition coefficient (Wildman–Crippen LogP) is 2.06. The van der Waals surface area contributed by atoms with Crippen molar-refractivity contribution in [2.45, 2.75) is 27.0 Å². The molecule has 1 aromatic heterocycles. The van der Waals surface area contributed by atoms with E-state index in [4.69, 9.17) is 10.00 Å². The molecule has 92 valence electrons. The Kier molecular flexibility index (Phi) is 3.58.